The highest BCUT2D eigenvalue weighted by molar-refractivity contribution is 5.77. The van der Waals surface area contributed by atoms with E-state index in [0.717, 1.165) is 25.2 Å². The number of aromatic nitrogens is 2. The summed E-state index contributed by atoms with van der Waals surface area (Å²) in [5, 5.41) is 4.79. The zero-order valence-corrected chi connectivity index (χ0v) is 14.4. The van der Waals surface area contributed by atoms with Crippen molar-refractivity contribution in [1.82, 2.24) is 19.6 Å². The van der Waals surface area contributed by atoms with E-state index >= 15 is 0 Å². The molecule has 124 valence electrons. The Morgan fingerprint density at radius 3 is 2.73 bits per heavy atom. The van der Waals surface area contributed by atoms with Crippen LogP contribution in [0.5, 0.6) is 0 Å². The quantitative estimate of drug-likeness (QED) is 0.798. The average molecular weight is 308 g/mol. The molecule has 1 aliphatic heterocycles. The fourth-order valence-corrected chi connectivity index (χ4v) is 2.87. The second kappa shape index (κ2) is 7.24. The Kier molecular flexibility index (Phi) is 5.58. The Labute approximate surface area is 133 Å². The molecule has 6 heteroatoms. The van der Waals surface area contributed by atoms with Crippen molar-refractivity contribution in [3.05, 3.63) is 17.0 Å². The molecule has 0 fully saturated rings. The summed E-state index contributed by atoms with van der Waals surface area (Å²) in [6.45, 7) is 9.15. The van der Waals surface area contributed by atoms with Gasteiger partial charge in [0.1, 0.15) is 6.61 Å². The van der Waals surface area contributed by atoms with Crippen molar-refractivity contribution in [2.75, 3.05) is 33.9 Å². The molecule has 0 N–H and O–H groups in total. The number of amides is 1. The predicted octanol–water partition coefficient (Wildman–Crippen LogP) is 1.45. The fourth-order valence-electron chi connectivity index (χ4n) is 2.87. The molecule has 22 heavy (non-hydrogen) atoms. The maximum Gasteiger partial charge on any atom is 0.248 e. The molecule has 0 aliphatic carbocycles. The van der Waals surface area contributed by atoms with E-state index in [9.17, 15) is 4.79 Å². The van der Waals surface area contributed by atoms with E-state index < -0.39 is 0 Å². The Morgan fingerprint density at radius 1 is 1.41 bits per heavy atom. The molecule has 0 spiro atoms. The van der Waals surface area contributed by atoms with Crippen LogP contribution in [0.3, 0.4) is 0 Å². The van der Waals surface area contributed by atoms with Crippen molar-refractivity contribution in [2.24, 2.45) is 0 Å². The van der Waals surface area contributed by atoms with Crippen LogP contribution in [0, 0.1) is 0 Å². The van der Waals surface area contributed by atoms with E-state index in [2.05, 4.69) is 37.5 Å². The minimum absolute atomic E-state index is 0.0677. The first kappa shape index (κ1) is 17.0. The van der Waals surface area contributed by atoms with E-state index in [0.29, 0.717) is 19.2 Å². The lowest BCUT2D eigenvalue weighted by molar-refractivity contribution is -0.137. The summed E-state index contributed by atoms with van der Waals surface area (Å²) in [6, 6.07) is 0.298. The van der Waals surface area contributed by atoms with Crippen molar-refractivity contribution in [3.8, 4) is 0 Å². The number of carbonyl (C=O) groups excluding carboxylic acids is 1. The van der Waals surface area contributed by atoms with Gasteiger partial charge in [-0.05, 0) is 41.3 Å². The Morgan fingerprint density at radius 2 is 2.14 bits per heavy atom. The Balaban J connectivity index is 2.22. The van der Waals surface area contributed by atoms with E-state index in [1.54, 1.807) is 0 Å². The normalized spacial score (nSPS) is 14.8. The zero-order chi connectivity index (χ0) is 16.3. The van der Waals surface area contributed by atoms with Crippen LogP contribution in [-0.2, 0) is 29.0 Å². The third-order valence-electron chi connectivity index (χ3n) is 3.91. The third-order valence-corrected chi connectivity index (χ3v) is 3.91. The number of hydrogen-bond donors (Lipinski definition) is 0. The summed E-state index contributed by atoms with van der Waals surface area (Å²) >= 11 is 0. The van der Waals surface area contributed by atoms with Gasteiger partial charge in [0.05, 0.1) is 17.9 Å². The van der Waals surface area contributed by atoms with Gasteiger partial charge in [0, 0.05) is 31.3 Å². The summed E-state index contributed by atoms with van der Waals surface area (Å²) in [4.78, 5) is 16.2. The maximum absolute atomic E-state index is 12.2. The minimum atomic E-state index is 0.0677. The summed E-state index contributed by atoms with van der Waals surface area (Å²) in [6.07, 6.45) is 0.878. The number of ether oxygens (including phenoxy) is 1. The predicted molar refractivity (Wildman–Crippen MR) is 85.6 cm³/mol. The lowest BCUT2D eigenvalue weighted by Gasteiger charge is -2.28. The van der Waals surface area contributed by atoms with Crippen LogP contribution in [0.25, 0.3) is 0 Å². The van der Waals surface area contributed by atoms with Gasteiger partial charge in [-0.3, -0.25) is 9.48 Å². The van der Waals surface area contributed by atoms with Crippen molar-refractivity contribution < 1.29 is 9.53 Å². The van der Waals surface area contributed by atoms with Crippen molar-refractivity contribution in [3.63, 3.8) is 0 Å². The van der Waals surface area contributed by atoms with Crippen LogP contribution < -0.4 is 0 Å². The molecule has 0 unspecified atom stereocenters. The molecule has 0 bridgehead atoms. The summed E-state index contributed by atoms with van der Waals surface area (Å²) in [7, 11) is 4.11. The molecule has 2 rings (SSSR count). The molecule has 1 aliphatic rings. The smallest absolute Gasteiger partial charge is 0.248 e. The number of fused-ring (bicyclic) bond motifs is 1. The summed E-state index contributed by atoms with van der Waals surface area (Å²) in [5.41, 5.74) is 3.65. The lowest BCUT2D eigenvalue weighted by Crippen LogP contribution is -2.39. The van der Waals surface area contributed by atoms with Crippen molar-refractivity contribution >= 4 is 5.91 Å². The molecule has 0 saturated heterocycles. The average Bonchev–Trinajstić information content (AvgIpc) is 2.82. The maximum atomic E-state index is 12.2. The van der Waals surface area contributed by atoms with Gasteiger partial charge in [0.25, 0.3) is 0 Å². The van der Waals surface area contributed by atoms with Gasteiger partial charge < -0.3 is 14.5 Å². The van der Waals surface area contributed by atoms with E-state index in [1.165, 1.54) is 11.3 Å². The first-order chi connectivity index (χ1) is 10.4. The first-order valence-electron chi connectivity index (χ1n) is 8.03. The van der Waals surface area contributed by atoms with Crippen molar-refractivity contribution in [2.45, 2.75) is 46.3 Å². The van der Waals surface area contributed by atoms with Gasteiger partial charge in [-0.15, -0.1) is 0 Å². The van der Waals surface area contributed by atoms with Crippen LogP contribution >= 0.6 is 0 Å². The summed E-state index contributed by atoms with van der Waals surface area (Å²) < 4.78 is 7.33. The molecule has 0 saturated carbocycles. The monoisotopic (exact) mass is 308 g/mol. The highest BCUT2D eigenvalue weighted by Gasteiger charge is 2.28. The zero-order valence-electron chi connectivity index (χ0n) is 14.4. The highest BCUT2D eigenvalue weighted by atomic mass is 16.5. The number of hydrogen-bond acceptors (Lipinski definition) is 4. The van der Waals surface area contributed by atoms with Crippen LogP contribution in [0.15, 0.2) is 0 Å². The SMILES string of the molecule is CCOCC(=O)N1CCc2c(CN(C)C)nn(C(C)C)c2C1. The molecule has 1 aromatic rings. The molecule has 0 radical (unpaired) electrons. The van der Waals surface area contributed by atoms with Gasteiger partial charge in [0.15, 0.2) is 0 Å². The Bertz CT molecular complexity index is 522. The fraction of sp³-hybridized carbons (Fsp3) is 0.750. The molecule has 6 nitrogen and oxygen atoms in total. The molecule has 1 aromatic heterocycles. The first-order valence-corrected chi connectivity index (χ1v) is 8.03. The highest BCUT2D eigenvalue weighted by Crippen LogP contribution is 2.25. The van der Waals surface area contributed by atoms with Crippen LogP contribution in [0.4, 0.5) is 0 Å². The second-order valence-corrected chi connectivity index (χ2v) is 6.35. The number of nitrogens with zero attached hydrogens (tertiary/aromatic N) is 4. The van der Waals surface area contributed by atoms with Gasteiger partial charge in [-0.25, -0.2) is 0 Å². The minimum Gasteiger partial charge on any atom is -0.372 e. The molecule has 0 aromatic carbocycles. The van der Waals surface area contributed by atoms with Gasteiger partial charge in [-0.1, -0.05) is 0 Å². The topological polar surface area (TPSA) is 50.6 Å². The molecule has 0 atom stereocenters. The number of carbonyl (C=O) groups is 1. The second-order valence-electron chi connectivity index (χ2n) is 6.35. The van der Waals surface area contributed by atoms with Crippen LogP contribution in [0.2, 0.25) is 0 Å². The molecular weight excluding hydrogens is 280 g/mol. The largest absolute Gasteiger partial charge is 0.372 e. The van der Waals surface area contributed by atoms with Crippen molar-refractivity contribution in [1.29, 1.82) is 0 Å². The third kappa shape index (κ3) is 3.67. The molecule has 1 amide bonds. The van der Waals surface area contributed by atoms with Gasteiger partial charge in [-0.2, -0.15) is 5.10 Å². The van der Waals surface area contributed by atoms with Gasteiger partial charge in [0.2, 0.25) is 5.91 Å². The standard InChI is InChI=1S/C16H28N4O2/c1-6-22-11-16(21)19-8-7-13-14(9-18(4)5)17-20(12(2)3)15(13)10-19/h12H,6-11H2,1-5H3. The molecular formula is C16H28N4O2. The Hall–Kier alpha value is -1.40. The number of rotatable bonds is 6. The van der Waals surface area contributed by atoms with E-state index in [4.69, 9.17) is 9.84 Å². The lowest BCUT2D eigenvalue weighted by atomic mass is 10.0. The summed E-state index contributed by atoms with van der Waals surface area (Å²) in [5.74, 6) is 0.0677. The van der Waals surface area contributed by atoms with E-state index in [-0.39, 0.29) is 12.5 Å². The van der Waals surface area contributed by atoms with Crippen LogP contribution in [0.1, 0.15) is 43.8 Å². The van der Waals surface area contributed by atoms with E-state index in [1.807, 2.05) is 11.8 Å². The van der Waals surface area contributed by atoms with Gasteiger partial charge >= 0.3 is 0 Å². The molecule has 2 heterocycles. The van der Waals surface area contributed by atoms with Crippen LogP contribution in [-0.4, -0.2) is 59.3 Å².